The normalized spacial score (nSPS) is 15.6. The van der Waals surface area contributed by atoms with Gasteiger partial charge >= 0.3 is 5.97 Å². The number of nitrogens with zero attached hydrogens (tertiary/aromatic N) is 1. The first-order valence-electron chi connectivity index (χ1n) is 6.54. The molecule has 0 aromatic carbocycles. The Labute approximate surface area is 118 Å². The van der Waals surface area contributed by atoms with Crippen LogP contribution in [0.5, 0.6) is 0 Å². The summed E-state index contributed by atoms with van der Waals surface area (Å²) in [5.41, 5.74) is -0.0713. The molecule has 0 aromatic rings. The van der Waals surface area contributed by atoms with Gasteiger partial charge in [-0.3, -0.25) is 19.3 Å². The number of hydrogen-bond acceptors (Lipinski definition) is 5. The summed E-state index contributed by atoms with van der Waals surface area (Å²) in [4.78, 5) is 35.5. The highest BCUT2D eigenvalue weighted by Gasteiger charge is 2.27. The average molecular weight is 283 g/mol. The van der Waals surface area contributed by atoms with E-state index in [0.717, 1.165) is 4.90 Å². The Balaban J connectivity index is 2.16. The van der Waals surface area contributed by atoms with Crippen molar-refractivity contribution in [2.45, 2.75) is 39.7 Å². The zero-order valence-corrected chi connectivity index (χ0v) is 12.4. The van der Waals surface area contributed by atoms with Crippen LogP contribution in [0.3, 0.4) is 0 Å². The van der Waals surface area contributed by atoms with Crippen LogP contribution >= 0.6 is 0 Å². The SMILES string of the molecule is CC1=CC(=O)N(CCOCCC(=O)OC(C)(C)C)C1=O. The van der Waals surface area contributed by atoms with Gasteiger partial charge in [-0.15, -0.1) is 0 Å². The van der Waals surface area contributed by atoms with E-state index in [9.17, 15) is 14.4 Å². The van der Waals surface area contributed by atoms with Gasteiger partial charge in [0.1, 0.15) is 5.60 Å². The molecular formula is C14H21NO5. The number of ether oxygens (including phenoxy) is 2. The number of amides is 2. The molecule has 1 aliphatic heterocycles. The number of imide groups is 1. The minimum Gasteiger partial charge on any atom is -0.460 e. The van der Waals surface area contributed by atoms with Crippen LogP contribution in [0, 0.1) is 0 Å². The van der Waals surface area contributed by atoms with Gasteiger partial charge in [-0.05, 0) is 27.7 Å². The maximum atomic E-state index is 11.6. The van der Waals surface area contributed by atoms with Gasteiger partial charge in [-0.1, -0.05) is 0 Å². The van der Waals surface area contributed by atoms with Gasteiger partial charge in [0.15, 0.2) is 0 Å². The summed E-state index contributed by atoms with van der Waals surface area (Å²) < 4.78 is 10.4. The van der Waals surface area contributed by atoms with Crippen molar-refractivity contribution in [3.63, 3.8) is 0 Å². The van der Waals surface area contributed by atoms with Crippen molar-refractivity contribution in [3.8, 4) is 0 Å². The summed E-state index contributed by atoms with van der Waals surface area (Å²) in [5, 5.41) is 0. The molecule has 0 radical (unpaired) electrons. The molecule has 0 N–H and O–H groups in total. The third-order valence-electron chi connectivity index (χ3n) is 2.52. The first-order valence-corrected chi connectivity index (χ1v) is 6.54. The largest absolute Gasteiger partial charge is 0.460 e. The fourth-order valence-corrected chi connectivity index (χ4v) is 1.66. The quantitative estimate of drug-likeness (QED) is 0.414. The molecule has 1 rings (SSSR count). The second-order valence-electron chi connectivity index (χ2n) is 5.57. The molecule has 1 heterocycles. The van der Waals surface area contributed by atoms with E-state index in [1.807, 2.05) is 0 Å². The topological polar surface area (TPSA) is 72.9 Å². The minimum absolute atomic E-state index is 0.149. The molecule has 0 unspecified atom stereocenters. The standard InChI is InChI=1S/C14H21NO5/c1-10-9-11(16)15(13(10)18)6-8-19-7-5-12(17)20-14(2,3)4/h9H,5-8H2,1-4H3. The maximum absolute atomic E-state index is 11.6. The fourth-order valence-electron chi connectivity index (χ4n) is 1.66. The molecule has 6 heteroatoms. The molecule has 0 saturated heterocycles. The van der Waals surface area contributed by atoms with Crippen molar-refractivity contribution in [3.05, 3.63) is 11.6 Å². The number of carbonyl (C=O) groups is 3. The first kappa shape index (κ1) is 16.4. The van der Waals surface area contributed by atoms with Crippen LogP contribution in [0.1, 0.15) is 34.1 Å². The van der Waals surface area contributed by atoms with Crippen LogP contribution in [-0.2, 0) is 23.9 Å². The van der Waals surface area contributed by atoms with Gasteiger partial charge in [0.25, 0.3) is 11.8 Å². The van der Waals surface area contributed by atoms with Crippen LogP contribution in [0.4, 0.5) is 0 Å². The third kappa shape index (κ3) is 5.13. The monoisotopic (exact) mass is 283 g/mol. The first-order chi connectivity index (χ1) is 9.20. The zero-order chi connectivity index (χ0) is 15.3. The van der Waals surface area contributed by atoms with Crippen LogP contribution in [0.25, 0.3) is 0 Å². The Bertz CT molecular complexity index is 433. The lowest BCUT2D eigenvalue weighted by Crippen LogP contribution is -2.34. The Kier molecular flexibility index (Phi) is 5.44. The van der Waals surface area contributed by atoms with Crippen LogP contribution < -0.4 is 0 Å². The van der Waals surface area contributed by atoms with Crippen molar-refractivity contribution in [1.82, 2.24) is 4.90 Å². The van der Waals surface area contributed by atoms with E-state index in [1.165, 1.54) is 6.08 Å². The highest BCUT2D eigenvalue weighted by atomic mass is 16.6. The summed E-state index contributed by atoms with van der Waals surface area (Å²) in [5.74, 6) is -0.933. The van der Waals surface area contributed by atoms with Gasteiger partial charge < -0.3 is 9.47 Å². The zero-order valence-electron chi connectivity index (χ0n) is 12.4. The van der Waals surface area contributed by atoms with E-state index in [-0.39, 0.29) is 44.0 Å². The molecule has 0 saturated carbocycles. The highest BCUT2D eigenvalue weighted by molar-refractivity contribution is 6.15. The number of carbonyl (C=O) groups excluding carboxylic acids is 3. The molecule has 20 heavy (non-hydrogen) atoms. The highest BCUT2D eigenvalue weighted by Crippen LogP contribution is 2.11. The molecule has 1 aliphatic rings. The Morgan fingerprint density at radius 2 is 1.90 bits per heavy atom. The van der Waals surface area contributed by atoms with Crippen molar-refractivity contribution in [2.75, 3.05) is 19.8 Å². The molecule has 0 aromatic heterocycles. The van der Waals surface area contributed by atoms with Crippen LogP contribution in [0.2, 0.25) is 0 Å². The summed E-state index contributed by atoms with van der Waals surface area (Å²) >= 11 is 0. The van der Waals surface area contributed by atoms with E-state index < -0.39 is 5.60 Å². The molecule has 0 fully saturated rings. The lowest BCUT2D eigenvalue weighted by molar-refractivity contribution is -0.156. The van der Waals surface area contributed by atoms with Gasteiger partial charge in [-0.25, -0.2) is 0 Å². The lowest BCUT2D eigenvalue weighted by atomic mass is 10.2. The van der Waals surface area contributed by atoms with Gasteiger partial charge in [0, 0.05) is 11.6 Å². The number of esters is 1. The molecule has 2 amide bonds. The van der Waals surface area contributed by atoms with Gasteiger partial charge in [0.05, 0.1) is 26.2 Å². The molecule has 6 nitrogen and oxygen atoms in total. The van der Waals surface area contributed by atoms with Crippen molar-refractivity contribution in [1.29, 1.82) is 0 Å². The summed E-state index contributed by atoms with van der Waals surface area (Å²) in [7, 11) is 0. The van der Waals surface area contributed by atoms with Crippen LogP contribution in [0.15, 0.2) is 11.6 Å². The van der Waals surface area contributed by atoms with E-state index in [2.05, 4.69) is 0 Å². The molecule has 112 valence electrons. The fraction of sp³-hybridized carbons (Fsp3) is 0.643. The predicted octanol–water partition coefficient (Wildman–Crippen LogP) is 1.05. The molecule has 0 spiro atoms. The predicted molar refractivity (Wildman–Crippen MR) is 71.8 cm³/mol. The second-order valence-corrected chi connectivity index (χ2v) is 5.57. The molecule has 0 atom stereocenters. The van der Waals surface area contributed by atoms with E-state index in [0.29, 0.717) is 5.57 Å². The smallest absolute Gasteiger partial charge is 0.308 e. The van der Waals surface area contributed by atoms with Crippen molar-refractivity contribution < 1.29 is 23.9 Å². The number of hydrogen-bond donors (Lipinski definition) is 0. The molecule has 0 bridgehead atoms. The molecular weight excluding hydrogens is 262 g/mol. The summed E-state index contributed by atoms with van der Waals surface area (Å²) in [6.07, 6.45) is 1.46. The lowest BCUT2D eigenvalue weighted by Gasteiger charge is -2.19. The summed E-state index contributed by atoms with van der Waals surface area (Å²) in [6.45, 7) is 7.60. The third-order valence-corrected chi connectivity index (χ3v) is 2.52. The average Bonchev–Trinajstić information content (AvgIpc) is 2.52. The van der Waals surface area contributed by atoms with E-state index in [1.54, 1.807) is 27.7 Å². The van der Waals surface area contributed by atoms with Gasteiger partial charge in [-0.2, -0.15) is 0 Å². The van der Waals surface area contributed by atoms with Crippen molar-refractivity contribution >= 4 is 17.8 Å². The van der Waals surface area contributed by atoms with Crippen molar-refractivity contribution in [2.24, 2.45) is 0 Å². The summed E-state index contributed by atoms with van der Waals surface area (Å²) in [6, 6.07) is 0. The second kappa shape index (κ2) is 6.65. The molecule has 0 aliphatic carbocycles. The van der Waals surface area contributed by atoms with E-state index in [4.69, 9.17) is 9.47 Å². The van der Waals surface area contributed by atoms with E-state index >= 15 is 0 Å². The van der Waals surface area contributed by atoms with Gasteiger partial charge in [0.2, 0.25) is 0 Å². The Morgan fingerprint density at radius 3 is 2.40 bits per heavy atom. The Hall–Kier alpha value is -1.69. The number of rotatable bonds is 6. The maximum Gasteiger partial charge on any atom is 0.308 e. The minimum atomic E-state index is -0.505. The van der Waals surface area contributed by atoms with Crippen LogP contribution in [-0.4, -0.2) is 48.0 Å². The Morgan fingerprint density at radius 1 is 1.25 bits per heavy atom.